The van der Waals surface area contributed by atoms with E-state index >= 15 is 0 Å². The SMILES string of the molecule is CC(=O)O[C@@H]1C[C@@]23COC[C@](C)([C@@H]2CC[C@H]2C3=CC[C@@]3(C)[C@H](C(=O)OCc4ccccc4)[C@@](C)([C@H](C)C(C)C)CC[C@]23C)[C@H]1OC(C)=O. The molecule has 0 N–H and O–H groups in total. The Kier molecular flexibility index (Phi) is 9.00. The van der Waals surface area contributed by atoms with Crippen molar-refractivity contribution in [1.82, 2.24) is 0 Å². The van der Waals surface area contributed by atoms with E-state index in [-0.39, 0.29) is 63.9 Å². The van der Waals surface area contributed by atoms with Gasteiger partial charge in [0, 0.05) is 24.7 Å². The predicted molar refractivity (Wildman–Crippen MR) is 183 cm³/mol. The minimum absolute atomic E-state index is 0.0728. The van der Waals surface area contributed by atoms with Gasteiger partial charge in [0.1, 0.15) is 18.8 Å². The van der Waals surface area contributed by atoms with Gasteiger partial charge in [0.25, 0.3) is 0 Å². The first-order valence-corrected chi connectivity index (χ1v) is 18.4. The quantitative estimate of drug-likeness (QED) is 0.166. The van der Waals surface area contributed by atoms with Gasteiger partial charge in [-0.05, 0) is 84.0 Å². The zero-order valence-electron chi connectivity index (χ0n) is 30.7. The molecule has 264 valence electrons. The Morgan fingerprint density at radius 3 is 2.23 bits per heavy atom. The highest BCUT2D eigenvalue weighted by molar-refractivity contribution is 5.75. The Bertz CT molecular complexity index is 1450. The van der Waals surface area contributed by atoms with Crippen LogP contribution in [0.15, 0.2) is 42.0 Å². The lowest BCUT2D eigenvalue weighted by Gasteiger charge is -2.71. The zero-order valence-corrected chi connectivity index (χ0v) is 30.7. The number of esters is 3. The summed E-state index contributed by atoms with van der Waals surface area (Å²) in [6.45, 7) is 20.4. The number of allylic oxidation sites excluding steroid dienone is 1. The summed E-state index contributed by atoms with van der Waals surface area (Å²) in [5.41, 5.74) is 0.914. The van der Waals surface area contributed by atoms with Crippen LogP contribution in [-0.4, -0.2) is 43.3 Å². The van der Waals surface area contributed by atoms with Crippen molar-refractivity contribution in [2.24, 2.45) is 56.7 Å². The summed E-state index contributed by atoms with van der Waals surface area (Å²) in [4.78, 5) is 39.4. The van der Waals surface area contributed by atoms with Crippen molar-refractivity contribution < 1.29 is 33.3 Å². The second-order valence-electron chi connectivity index (χ2n) is 17.5. The Balaban J connectivity index is 1.42. The molecular weight excluding hydrogens is 604 g/mol. The molecule has 1 aliphatic heterocycles. The maximum absolute atomic E-state index is 14.6. The Morgan fingerprint density at radius 1 is 0.896 bits per heavy atom. The molecule has 11 atom stereocenters. The van der Waals surface area contributed by atoms with E-state index in [0.29, 0.717) is 31.5 Å². The second kappa shape index (κ2) is 12.3. The second-order valence-corrected chi connectivity index (χ2v) is 17.5. The Hall–Kier alpha value is -2.67. The molecule has 1 aromatic rings. The number of carbonyl (C=O) groups is 3. The van der Waals surface area contributed by atoms with Crippen molar-refractivity contribution in [2.75, 3.05) is 13.2 Å². The van der Waals surface area contributed by atoms with E-state index < -0.39 is 17.6 Å². The summed E-state index contributed by atoms with van der Waals surface area (Å²) >= 11 is 0. The first kappa shape index (κ1) is 35.2. The third kappa shape index (κ3) is 5.19. The molecule has 1 aromatic carbocycles. The largest absolute Gasteiger partial charge is 0.461 e. The van der Waals surface area contributed by atoms with Crippen LogP contribution >= 0.6 is 0 Å². The summed E-state index contributed by atoms with van der Waals surface area (Å²) in [7, 11) is 0. The normalized spacial score (nSPS) is 42.3. The van der Waals surface area contributed by atoms with Crippen molar-refractivity contribution >= 4 is 17.9 Å². The molecule has 7 nitrogen and oxygen atoms in total. The molecule has 6 rings (SSSR count). The molecule has 4 aliphatic carbocycles. The van der Waals surface area contributed by atoms with Crippen molar-refractivity contribution in [2.45, 2.75) is 120 Å². The minimum Gasteiger partial charge on any atom is -0.461 e. The van der Waals surface area contributed by atoms with Gasteiger partial charge in [0.2, 0.25) is 0 Å². The van der Waals surface area contributed by atoms with E-state index in [2.05, 4.69) is 54.5 Å². The zero-order chi connectivity index (χ0) is 34.9. The van der Waals surface area contributed by atoms with Crippen LogP contribution in [0, 0.1) is 56.7 Å². The molecule has 0 unspecified atom stereocenters. The number of hydrogen-bond donors (Lipinski definition) is 0. The summed E-state index contributed by atoms with van der Waals surface area (Å²) in [5.74, 6) is 0.186. The summed E-state index contributed by atoms with van der Waals surface area (Å²) in [6.07, 6.45) is 6.69. The van der Waals surface area contributed by atoms with Gasteiger partial charge in [0.15, 0.2) is 0 Å². The van der Waals surface area contributed by atoms with Gasteiger partial charge in [-0.1, -0.05) is 90.4 Å². The van der Waals surface area contributed by atoms with E-state index in [1.54, 1.807) is 0 Å². The predicted octanol–water partition coefficient (Wildman–Crippen LogP) is 8.10. The highest BCUT2D eigenvalue weighted by Crippen LogP contribution is 2.75. The van der Waals surface area contributed by atoms with Gasteiger partial charge in [0.05, 0.1) is 19.1 Å². The van der Waals surface area contributed by atoms with Gasteiger partial charge in [-0.2, -0.15) is 0 Å². The number of fused-ring (bicyclic) bond motifs is 3. The molecule has 1 heterocycles. The van der Waals surface area contributed by atoms with Crippen molar-refractivity contribution in [3.05, 3.63) is 47.5 Å². The van der Waals surface area contributed by atoms with Crippen LogP contribution in [0.2, 0.25) is 0 Å². The number of ether oxygens (including phenoxy) is 4. The topological polar surface area (TPSA) is 88.1 Å². The van der Waals surface area contributed by atoms with Crippen LogP contribution in [0.1, 0.15) is 106 Å². The van der Waals surface area contributed by atoms with Crippen molar-refractivity contribution in [3.8, 4) is 0 Å². The molecular formula is C41H58O7. The highest BCUT2D eigenvalue weighted by atomic mass is 16.6. The van der Waals surface area contributed by atoms with E-state index in [1.165, 1.54) is 19.4 Å². The summed E-state index contributed by atoms with van der Waals surface area (Å²) < 4.78 is 24.8. The first-order valence-electron chi connectivity index (χ1n) is 18.4. The lowest BCUT2D eigenvalue weighted by atomic mass is 9.34. The van der Waals surface area contributed by atoms with Gasteiger partial charge >= 0.3 is 17.9 Å². The van der Waals surface area contributed by atoms with E-state index in [0.717, 1.165) is 37.7 Å². The minimum atomic E-state index is -0.560. The van der Waals surface area contributed by atoms with E-state index in [1.807, 2.05) is 30.3 Å². The monoisotopic (exact) mass is 662 g/mol. The van der Waals surface area contributed by atoms with E-state index in [9.17, 15) is 14.4 Å². The third-order valence-electron chi connectivity index (χ3n) is 14.9. The maximum Gasteiger partial charge on any atom is 0.310 e. The van der Waals surface area contributed by atoms with Crippen LogP contribution in [0.25, 0.3) is 0 Å². The summed E-state index contributed by atoms with van der Waals surface area (Å²) in [6, 6.07) is 9.99. The fourth-order valence-corrected chi connectivity index (χ4v) is 12.1. The van der Waals surface area contributed by atoms with Crippen molar-refractivity contribution in [3.63, 3.8) is 0 Å². The molecule has 0 spiro atoms. The molecule has 5 aliphatic rings. The molecule has 0 amide bonds. The number of carbonyl (C=O) groups excluding carboxylic acids is 3. The van der Waals surface area contributed by atoms with Crippen LogP contribution < -0.4 is 0 Å². The van der Waals surface area contributed by atoms with Gasteiger partial charge in [-0.25, -0.2) is 0 Å². The smallest absolute Gasteiger partial charge is 0.310 e. The van der Waals surface area contributed by atoms with Gasteiger partial charge in [-0.3, -0.25) is 14.4 Å². The number of hydrogen-bond acceptors (Lipinski definition) is 7. The molecule has 1 saturated heterocycles. The fourth-order valence-electron chi connectivity index (χ4n) is 12.1. The Morgan fingerprint density at radius 2 is 1.58 bits per heavy atom. The molecule has 2 bridgehead atoms. The average Bonchev–Trinajstić information content (AvgIpc) is 3.02. The van der Waals surface area contributed by atoms with Gasteiger partial charge < -0.3 is 18.9 Å². The van der Waals surface area contributed by atoms with Crippen LogP contribution in [0.4, 0.5) is 0 Å². The molecule has 0 radical (unpaired) electrons. The molecule has 3 saturated carbocycles. The van der Waals surface area contributed by atoms with Crippen LogP contribution in [-0.2, 0) is 39.9 Å². The molecule has 0 aromatic heterocycles. The summed E-state index contributed by atoms with van der Waals surface area (Å²) in [5, 5.41) is 0. The Labute approximate surface area is 287 Å². The van der Waals surface area contributed by atoms with Crippen LogP contribution in [0.5, 0.6) is 0 Å². The standard InChI is InChI=1S/C41H58O7/c1-25(2)26(3)37(6)19-20-39(8)30-15-16-33-38(7)23-45-24-41(33,21-32(47-27(4)42)35(38)48-28(5)43)31(30)17-18-40(39,9)34(37)36(44)46-22-29-13-11-10-12-14-29/h10-14,17,25-26,30,32-35H,15-16,18-24H2,1-9H3/t26-,30+,32-,33+,34-,35+,37-,38-,39-,40+,41+/m1/s1. The number of benzene rings is 1. The molecule has 4 fully saturated rings. The lowest BCUT2D eigenvalue weighted by Crippen LogP contribution is -2.70. The van der Waals surface area contributed by atoms with Gasteiger partial charge in [-0.15, -0.1) is 0 Å². The maximum atomic E-state index is 14.6. The fraction of sp³-hybridized carbons (Fsp3) is 0.732. The lowest BCUT2D eigenvalue weighted by molar-refractivity contribution is -0.262. The van der Waals surface area contributed by atoms with Crippen LogP contribution in [0.3, 0.4) is 0 Å². The number of rotatable bonds is 7. The first-order chi connectivity index (χ1) is 22.5. The third-order valence-corrected chi connectivity index (χ3v) is 14.9. The molecule has 48 heavy (non-hydrogen) atoms. The van der Waals surface area contributed by atoms with E-state index in [4.69, 9.17) is 18.9 Å². The average molecular weight is 663 g/mol. The van der Waals surface area contributed by atoms with Crippen molar-refractivity contribution in [1.29, 1.82) is 0 Å². The highest BCUT2D eigenvalue weighted by Gasteiger charge is 2.72. The molecule has 7 heteroatoms.